The monoisotopic (exact) mass is 150 g/mol. The summed E-state index contributed by atoms with van der Waals surface area (Å²) < 4.78 is 1.95. The molecule has 2 aromatic heterocycles. The Bertz CT molecular complexity index is 317. The number of imidazole rings is 2. The van der Waals surface area contributed by atoms with Crippen LogP contribution in [0.1, 0.15) is 5.69 Å². The molecule has 0 saturated heterocycles. The molecule has 2 heterocycles. The Kier molecular flexibility index (Phi) is 1.40. The van der Waals surface area contributed by atoms with E-state index in [1.54, 1.807) is 6.20 Å². The fourth-order valence-electron chi connectivity index (χ4n) is 1.14. The minimum atomic E-state index is 0.670. The highest BCUT2D eigenvalue weighted by atomic mass is 15.1. The zero-order valence-corrected chi connectivity index (χ0v) is 6.12. The van der Waals surface area contributed by atoms with Crippen molar-refractivity contribution >= 4 is 5.78 Å². The number of hydrogen-bond donors (Lipinski definition) is 2. The first-order valence-corrected chi connectivity index (χ1v) is 3.61. The Hall–Kier alpha value is -1.29. The molecule has 0 aliphatic rings. The molecule has 0 unspecified atom stereocenters. The number of H-pyrrole nitrogens is 1. The third kappa shape index (κ3) is 1.01. The summed E-state index contributed by atoms with van der Waals surface area (Å²) in [6, 6.07) is 0. The van der Waals surface area contributed by atoms with Gasteiger partial charge in [-0.2, -0.15) is 0 Å². The van der Waals surface area contributed by atoms with E-state index in [0.717, 1.165) is 17.9 Å². The maximum Gasteiger partial charge on any atom is 0.211 e. The lowest BCUT2D eigenvalue weighted by Crippen LogP contribution is -2.02. The first-order valence-electron chi connectivity index (χ1n) is 3.61. The summed E-state index contributed by atoms with van der Waals surface area (Å²) in [5, 5.41) is 0. The number of aromatic amines is 1. The highest BCUT2D eigenvalue weighted by Gasteiger charge is 1.98. The summed E-state index contributed by atoms with van der Waals surface area (Å²) in [6.45, 7) is 0.670. The SMILES string of the molecule is NCCc1cn2ccnc2[nH]1. The number of nitrogens with one attached hydrogen (secondary N) is 1. The zero-order chi connectivity index (χ0) is 7.68. The van der Waals surface area contributed by atoms with Crippen LogP contribution < -0.4 is 5.73 Å². The molecular weight excluding hydrogens is 140 g/mol. The van der Waals surface area contributed by atoms with Gasteiger partial charge in [-0.3, -0.25) is 4.40 Å². The van der Waals surface area contributed by atoms with Gasteiger partial charge in [-0.1, -0.05) is 0 Å². The Morgan fingerprint density at radius 2 is 2.55 bits per heavy atom. The second-order valence-corrected chi connectivity index (χ2v) is 2.48. The summed E-state index contributed by atoms with van der Waals surface area (Å²) in [5.41, 5.74) is 6.54. The molecule has 0 aliphatic heterocycles. The molecule has 11 heavy (non-hydrogen) atoms. The summed E-state index contributed by atoms with van der Waals surface area (Å²) in [5.74, 6) is 0.883. The van der Waals surface area contributed by atoms with Crippen LogP contribution in [0.25, 0.3) is 5.78 Å². The minimum absolute atomic E-state index is 0.670. The van der Waals surface area contributed by atoms with Crippen molar-refractivity contribution in [3.05, 3.63) is 24.3 Å². The number of fused-ring (bicyclic) bond motifs is 1. The van der Waals surface area contributed by atoms with Gasteiger partial charge < -0.3 is 10.7 Å². The van der Waals surface area contributed by atoms with Crippen LogP contribution in [0.3, 0.4) is 0 Å². The lowest BCUT2D eigenvalue weighted by molar-refractivity contribution is 0.935. The Morgan fingerprint density at radius 3 is 3.27 bits per heavy atom. The summed E-state index contributed by atoms with van der Waals surface area (Å²) in [6.07, 6.45) is 6.56. The maximum absolute atomic E-state index is 5.40. The molecule has 0 bridgehead atoms. The number of rotatable bonds is 2. The van der Waals surface area contributed by atoms with Crippen molar-refractivity contribution in [2.45, 2.75) is 6.42 Å². The van der Waals surface area contributed by atoms with Crippen molar-refractivity contribution in [3.63, 3.8) is 0 Å². The van der Waals surface area contributed by atoms with E-state index in [1.165, 1.54) is 0 Å². The second-order valence-electron chi connectivity index (χ2n) is 2.48. The normalized spacial score (nSPS) is 11.0. The largest absolute Gasteiger partial charge is 0.330 e. The van der Waals surface area contributed by atoms with E-state index >= 15 is 0 Å². The van der Waals surface area contributed by atoms with Gasteiger partial charge in [-0.05, 0) is 6.54 Å². The van der Waals surface area contributed by atoms with E-state index in [-0.39, 0.29) is 0 Å². The van der Waals surface area contributed by atoms with E-state index in [9.17, 15) is 0 Å². The molecule has 0 aliphatic carbocycles. The van der Waals surface area contributed by atoms with Crippen molar-refractivity contribution < 1.29 is 0 Å². The molecule has 0 radical (unpaired) electrons. The van der Waals surface area contributed by atoms with E-state index < -0.39 is 0 Å². The van der Waals surface area contributed by atoms with Crippen molar-refractivity contribution in [3.8, 4) is 0 Å². The van der Waals surface area contributed by atoms with E-state index in [0.29, 0.717) is 6.54 Å². The molecule has 0 aromatic carbocycles. The van der Waals surface area contributed by atoms with Crippen LogP contribution in [0.15, 0.2) is 18.6 Å². The van der Waals surface area contributed by atoms with Crippen LogP contribution in [-0.2, 0) is 6.42 Å². The minimum Gasteiger partial charge on any atom is -0.330 e. The third-order valence-corrected chi connectivity index (χ3v) is 1.65. The summed E-state index contributed by atoms with van der Waals surface area (Å²) in [4.78, 5) is 7.24. The topological polar surface area (TPSA) is 59.1 Å². The fraction of sp³-hybridized carbons (Fsp3) is 0.286. The molecule has 0 spiro atoms. The van der Waals surface area contributed by atoms with E-state index in [1.807, 2.05) is 16.8 Å². The highest BCUT2D eigenvalue weighted by molar-refractivity contribution is 5.30. The van der Waals surface area contributed by atoms with Crippen molar-refractivity contribution in [2.24, 2.45) is 5.73 Å². The molecule has 58 valence electrons. The molecule has 2 aromatic rings. The highest BCUT2D eigenvalue weighted by Crippen LogP contribution is 2.01. The Balaban J connectivity index is 2.42. The van der Waals surface area contributed by atoms with Gasteiger partial charge in [0.2, 0.25) is 5.78 Å². The van der Waals surface area contributed by atoms with Gasteiger partial charge in [0.25, 0.3) is 0 Å². The molecule has 2 rings (SSSR count). The smallest absolute Gasteiger partial charge is 0.211 e. The maximum atomic E-state index is 5.40. The van der Waals surface area contributed by atoms with Crippen molar-refractivity contribution in [1.29, 1.82) is 0 Å². The van der Waals surface area contributed by atoms with Gasteiger partial charge in [0.05, 0.1) is 0 Å². The lowest BCUT2D eigenvalue weighted by Gasteiger charge is -1.87. The first-order chi connectivity index (χ1) is 5.40. The molecule has 0 amide bonds. The molecule has 0 fully saturated rings. The van der Waals surface area contributed by atoms with Crippen LogP contribution >= 0.6 is 0 Å². The van der Waals surface area contributed by atoms with Crippen LogP contribution in [-0.4, -0.2) is 20.9 Å². The zero-order valence-electron chi connectivity index (χ0n) is 6.12. The molecule has 4 heteroatoms. The first kappa shape index (κ1) is 6.42. The molecule has 0 atom stereocenters. The molecular formula is C7H10N4. The predicted octanol–water partition coefficient (Wildman–Crippen LogP) is 0.164. The van der Waals surface area contributed by atoms with Crippen LogP contribution in [0.4, 0.5) is 0 Å². The molecule has 4 nitrogen and oxygen atoms in total. The summed E-state index contributed by atoms with van der Waals surface area (Å²) >= 11 is 0. The van der Waals surface area contributed by atoms with Crippen LogP contribution in [0, 0.1) is 0 Å². The van der Waals surface area contributed by atoms with Crippen molar-refractivity contribution in [1.82, 2.24) is 14.4 Å². The predicted molar refractivity (Wildman–Crippen MR) is 42.3 cm³/mol. The van der Waals surface area contributed by atoms with Gasteiger partial charge in [0.1, 0.15) is 0 Å². The van der Waals surface area contributed by atoms with Crippen LogP contribution in [0.2, 0.25) is 0 Å². The molecule has 0 saturated carbocycles. The lowest BCUT2D eigenvalue weighted by atomic mass is 10.3. The average molecular weight is 150 g/mol. The van der Waals surface area contributed by atoms with Gasteiger partial charge >= 0.3 is 0 Å². The fourth-order valence-corrected chi connectivity index (χ4v) is 1.14. The van der Waals surface area contributed by atoms with Gasteiger partial charge in [0.15, 0.2) is 0 Å². The number of nitrogens with zero attached hydrogens (tertiary/aromatic N) is 2. The van der Waals surface area contributed by atoms with Gasteiger partial charge in [-0.15, -0.1) is 0 Å². The number of nitrogens with two attached hydrogens (primary N) is 1. The van der Waals surface area contributed by atoms with E-state index in [2.05, 4.69) is 9.97 Å². The van der Waals surface area contributed by atoms with E-state index in [4.69, 9.17) is 5.73 Å². The Labute approximate surface area is 64.0 Å². The summed E-state index contributed by atoms with van der Waals surface area (Å²) in [7, 11) is 0. The van der Waals surface area contributed by atoms with Crippen molar-refractivity contribution in [2.75, 3.05) is 6.54 Å². The quantitative estimate of drug-likeness (QED) is 0.640. The second kappa shape index (κ2) is 2.39. The average Bonchev–Trinajstić information content (AvgIpc) is 2.46. The number of hydrogen-bond acceptors (Lipinski definition) is 2. The van der Waals surface area contributed by atoms with Crippen LogP contribution in [0.5, 0.6) is 0 Å². The standard InChI is InChI=1S/C7H10N4/c8-2-1-6-5-11-4-3-9-7(11)10-6/h3-5H,1-2,8H2,(H,9,10). The Morgan fingerprint density at radius 1 is 1.64 bits per heavy atom. The van der Waals surface area contributed by atoms with Gasteiger partial charge in [-0.25, -0.2) is 4.98 Å². The van der Waals surface area contributed by atoms with Gasteiger partial charge in [0, 0.05) is 30.7 Å². The molecule has 3 N–H and O–H groups in total. The third-order valence-electron chi connectivity index (χ3n) is 1.65. The number of aromatic nitrogens is 3.